The molecule has 4 N–H and O–H groups in total. The molecule has 0 saturated heterocycles. The molecule has 0 amide bonds. The molecule has 0 saturated carbocycles. The molecule has 0 fully saturated rings. The second-order valence-electron chi connectivity index (χ2n) is 2.85. The third-order valence-electron chi connectivity index (χ3n) is 0.836. The van der Waals surface area contributed by atoms with E-state index in [2.05, 4.69) is 0 Å². The fourth-order valence-corrected chi connectivity index (χ4v) is 0.605. The Labute approximate surface area is 107 Å². The monoisotopic (exact) mass is 322 g/mol. The largest absolute Gasteiger partial charge is 0.316 e. The third-order valence-corrected chi connectivity index (χ3v) is 0.836. The number of hydrogen-bond acceptors (Lipinski definition) is 0. The van der Waals surface area contributed by atoms with Gasteiger partial charge in [-0.1, -0.05) is 0 Å². The Balaban J connectivity index is -0.000000180. The van der Waals surface area contributed by atoms with Gasteiger partial charge in [0.1, 0.15) is 0 Å². The van der Waals surface area contributed by atoms with E-state index in [1.54, 1.807) is 0 Å². The molecule has 5 heteroatoms. The summed E-state index contributed by atoms with van der Waals surface area (Å²) in [6.07, 6.45) is 2.56. The minimum atomic E-state index is 0. The van der Waals surface area contributed by atoms with Crippen molar-refractivity contribution in [1.82, 2.24) is 0 Å². The molecule has 4 radical (unpaired) electrons. The molecule has 0 aromatic carbocycles. The molecule has 0 aliphatic rings. The molecular weight excluding hydrogens is 303 g/mol. The van der Waals surface area contributed by atoms with Crippen LogP contribution in [0.2, 0.25) is 0 Å². The van der Waals surface area contributed by atoms with Crippen molar-refractivity contribution >= 4 is 47.0 Å². The first kappa shape index (κ1) is 19.7. The number of hydrogen-bond donors (Lipinski definition) is 0. The Hall–Kier alpha value is -0.781. The SMILES string of the molecule is CC(=[OH+])[CH-]C(C)=[OH+].CC(=[OH+])[CH-]C(C)=[OH+].[Sn]. The van der Waals surface area contributed by atoms with Gasteiger partial charge in [-0.2, -0.15) is 12.8 Å². The average Bonchev–Trinajstić information content (AvgIpc) is 1.79. The first-order valence-corrected chi connectivity index (χ1v) is 4.05. The van der Waals surface area contributed by atoms with E-state index in [4.69, 9.17) is 19.2 Å². The van der Waals surface area contributed by atoms with Crippen LogP contribution in [0.5, 0.6) is 0 Å². The van der Waals surface area contributed by atoms with Gasteiger partial charge >= 0.3 is 0 Å². The van der Waals surface area contributed by atoms with E-state index in [0.29, 0.717) is 0 Å². The topological polar surface area (TPSA) is 85.6 Å². The fourth-order valence-electron chi connectivity index (χ4n) is 0.605. The van der Waals surface area contributed by atoms with Crippen LogP contribution in [0, 0.1) is 12.8 Å². The Kier molecular flexibility index (Phi) is 14.9. The zero-order valence-electron chi connectivity index (χ0n) is 9.44. The fraction of sp³-hybridized carbons (Fsp3) is 0.400. The van der Waals surface area contributed by atoms with Gasteiger partial charge in [-0.15, -0.1) is 0 Å². The number of rotatable bonds is 4. The van der Waals surface area contributed by atoms with E-state index in [1.165, 1.54) is 40.5 Å². The van der Waals surface area contributed by atoms with Crippen molar-refractivity contribution in [3.63, 3.8) is 0 Å². The van der Waals surface area contributed by atoms with Gasteiger partial charge in [0.15, 0.2) is 23.1 Å². The summed E-state index contributed by atoms with van der Waals surface area (Å²) >= 11 is 0. The van der Waals surface area contributed by atoms with Crippen molar-refractivity contribution in [1.29, 1.82) is 0 Å². The smallest absolute Gasteiger partial charge is 0.176 e. The standard InChI is InChI=1S/2C5H7O2.Sn/c2*1-4(6)3-5(2)7;/h2*3H,1-2H3;/q2*-1;/p+4. The molecule has 0 unspecified atom stereocenters. The maximum absolute atomic E-state index is 8.40. The Bertz CT molecular complexity index is 196. The van der Waals surface area contributed by atoms with Crippen LogP contribution in [0.4, 0.5) is 0 Å². The van der Waals surface area contributed by atoms with E-state index in [9.17, 15) is 0 Å². The zero-order valence-corrected chi connectivity index (χ0v) is 12.3. The van der Waals surface area contributed by atoms with E-state index < -0.39 is 0 Å². The van der Waals surface area contributed by atoms with Gasteiger partial charge in [-0.25, -0.2) is 0 Å². The predicted octanol–water partition coefficient (Wildman–Crippen LogP) is 0.260. The molecule has 0 aromatic heterocycles. The molecule has 4 nitrogen and oxygen atoms in total. The van der Waals surface area contributed by atoms with Crippen LogP contribution >= 0.6 is 0 Å². The summed E-state index contributed by atoms with van der Waals surface area (Å²) in [5, 5.41) is 0. The van der Waals surface area contributed by atoms with Crippen molar-refractivity contribution in [3.8, 4) is 0 Å². The summed E-state index contributed by atoms with van der Waals surface area (Å²) in [4.78, 5) is 33.6. The van der Waals surface area contributed by atoms with Crippen molar-refractivity contribution < 1.29 is 19.2 Å². The maximum atomic E-state index is 8.40. The van der Waals surface area contributed by atoms with Crippen LogP contribution in [0.3, 0.4) is 0 Å². The molecule has 0 spiro atoms. The molecular formula is C10H18O4Sn+2. The summed E-state index contributed by atoms with van der Waals surface area (Å²) in [7, 11) is 0. The van der Waals surface area contributed by atoms with Gasteiger partial charge in [0.2, 0.25) is 0 Å². The third kappa shape index (κ3) is 31.9. The van der Waals surface area contributed by atoms with Gasteiger partial charge in [0.25, 0.3) is 0 Å². The minimum absolute atomic E-state index is 0. The Morgan fingerprint density at radius 1 is 0.600 bits per heavy atom. The molecule has 0 atom stereocenters. The summed E-state index contributed by atoms with van der Waals surface area (Å²) in [5.41, 5.74) is 0. The first-order valence-electron chi connectivity index (χ1n) is 4.05. The van der Waals surface area contributed by atoms with Crippen molar-refractivity contribution in [2.45, 2.75) is 27.7 Å². The predicted molar refractivity (Wildman–Crippen MR) is 64.8 cm³/mol. The van der Waals surface area contributed by atoms with Crippen LogP contribution in [0.25, 0.3) is 0 Å². The van der Waals surface area contributed by atoms with Gasteiger partial charge in [0, 0.05) is 51.6 Å². The maximum Gasteiger partial charge on any atom is 0.176 e. The van der Waals surface area contributed by atoms with Crippen LogP contribution in [0.15, 0.2) is 0 Å². The number of carbonyl (C=O) groups excluding carboxylic acids is 4. The summed E-state index contributed by atoms with van der Waals surface area (Å²) < 4.78 is 0. The molecule has 0 aliphatic carbocycles. The van der Waals surface area contributed by atoms with Gasteiger partial charge in [0.05, 0.1) is 0 Å². The molecule has 0 aliphatic heterocycles. The van der Waals surface area contributed by atoms with Crippen molar-refractivity contribution in [2.24, 2.45) is 0 Å². The van der Waals surface area contributed by atoms with Crippen molar-refractivity contribution in [3.05, 3.63) is 12.8 Å². The zero-order chi connectivity index (χ0) is 11.7. The Morgan fingerprint density at radius 3 is 0.733 bits per heavy atom. The molecule has 0 bridgehead atoms. The van der Waals surface area contributed by atoms with Crippen LogP contribution in [-0.2, 0) is 0 Å². The van der Waals surface area contributed by atoms with Gasteiger partial charge in [-0.05, 0) is 0 Å². The molecule has 0 aromatic rings. The van der Waals surface area contributed by atoms with E-state index in [1.807, 2.05) is 0 Å². The van der Waals surface area contributed by atoms with E-state index in [-0.39, 0.29) is 47.0 Å². The van der Waals surface area contributed by atoms with Gasteiger partial charge in [-0.3, -0.25) is 0 Å². The average molecular weight is 321 g/mol. The van der Waals surface area contributed by atoms with E-state index in [0.717, 1.165) is 0 Å². The van der Waals surface area contributed by atoms with Crippen LogP contribution in [0.1, 0.15) is 27.7 Å². The number of ketones is 4. The first-order chi connectivity index (χ1) is 6.25. The van der Waals surface area contributed by atoms with Crippen molar-refractivity contribution in [2.75, 3.05) is 0 Å². The molecule has 0 rings (SSSR count). The van der Waals surface area contributed by atoms with Gasteiger partial charge < -0.3 is 19.2 Å². The molecule has 15 heavy (non-hydrogen) atoms. The summed E-state index contributed by atoms with van der Waals surface area (Å²) in [6, 6.07) is 0. The summed E-state index contributed by atoms with van der Waals surface area (Å²) in [5.74, 6) is 0.500. The van der Waals surface area contributed by atoms with E-state index >= 15 is 0 Å². The Morgan fingerprint density at radius 2 is 0.733 bits per heavy atom. The van der Waals surface area contributed by atoms with Crippen LogP contribution in [-0.4, -0.2) is 66.2 Å². The second-order valence-corrected chi connectivity index (χ2v) is 2.85. The minimum Gasteiger partial charge on any atom is -0.316 e. The molecule has 0 heterocycles. The second kappa shape index (κ2) is 11.3. The van der Waals surface area contributed by atoms with Crippen LogP contribution < -0.4 is 0 Å². The quantitative estimate of drug-likeness (QED) is 0.308. The normalized spacial score (nSPS) is 7.20. The molecule has 84 valence electrons. The summed E-state index contributed by atoms with van der Waals surface area (Å²) in [6.45, 7) is 6.00.